The van der Waals surface area contributed by atoms with Crippen LogP contribution < -0.4 is 10.6 Å². The third-order valence-electron chi connectivity index (χ3n) is 3.64. The lowest BCUT2D eigenvalue weighted by molar-refractivity contribution is 0.251. The van der Waals surface area contributed by atoms with Gasteiger partial charge in [-0.05, 0) is 23.8 Å². The Balaban J connectivity index is 1.44. The van der Waals surface area contributed by atoms with Gasteiger partial charge in [0.15, 0.2) is 0 Å². The molecule has 2 aromatic rings. The zero-order valence-corrected chi connectivity index (χ0v) is 11.4. The molecule has 5 nitrogen and oxygen atoms in total. The van der Waals surface area contributed by atoms with Crippen molar-refractivity contribution in [1.82, 2.24) is 15.1 Å². The van der Waals surface area contributed by atoms with Gasteiger partial charge >= 0.3 is 6.03 Å². The number of carbonyl (C=O) groups is 1. The van der Waals surface area contributed by atoms with Crippen LogP contribution in [0.2, 0.25) is 0 Å². The van der Waals surface area contributed by atoms with Crippen LogP contribution in [0, 0.1) is 5.92 Å². The SMILES string of the molecule is Cn1cc(NC(=O)NC[C@@H]2C[C@@H]2c2ccccc2)cn1. The van der Waals surface area contributed by atoms with Gasteiger partial charge in [0.2, 0.25) is 0 Å². The zero-order chi connectivity index (χ0) is 13.9. The maximum atomic E-state index is 11.7. The first kappa shape index (κ1) is 12.7. The molecule has 3 rings (SSSR count). The molecule has 0 spiro atoms. The molecule has 1 fully saturated rings. The average Bonchev–Trinajstić information content (AvgIpc) is 3.13. The number of aromatic nitrogens is 2. The largest absolute Gasteiger partial charge is 0.338 e. The molecule has 1 aromatic heterocycles. The van der Waals surface area contributed by atoms with Crippen molar-refractivity contribution in [2.45, 2.75) is 12.3 Å². The number of rotatable bonds is 4. The lowest BCUT2D eigenvalue weighted by Gasteiger charge is -2.05. The predicted molar refractivity (Wildman–Crippen MR) is 77.5 cm³/mol. The molecule has 5 heteroatoms. The van der Waals surface area contributed by atoms with Gasteiger partial charge in [-0.25, -0.2) is 4.79 Å². The Kier molecular flexibility index (Phi) is 3.41. The van der Waals surface area contributed by atoms with Crippen molar-refractivity contribution in [3.63, 3.8) is 0 Å². The second-order valence-corrected chi connectivity index (χ2v) is 5.25. The Morgan fingerprint density at radius 2 is 2.20 bits per heavy atom. The maximum Gasteiger partial charge on any atom is 0.319 e. The summed E-state index contributed by atoms with van der Waals surface area (Å²) >= 11 is 0. The smallest absolute Gasteiger partial charge is 0.319 e. The fraction of sp³-hybridized carbons (Fsp3) is 0.333. The zero-order valence-electron chi connectivity index (χ0n) is 11.4. The fourth-order valence-electron chi connectivity index (χ4n) is 2.47. The molecule has 1 heterocycles. The van der Waals surface area contributed by atoms with Crippen LogP contribution in [0.3, 0.4) is 0 Å². The molecule has 0 aliphatic heterocycles. The molecule has 1 aliphatic carbocycles. The topological polar surface area (TPSA) is 59.0 Å². The van der Waals surface area contributed by atoms with E-state index < -0.39 is 0 Å². The van der Waals surface area contributed by atoms with Crippen LogP contribution in [0.25, 0.3) is 0 Å². The van der Waals surface area contributed by atoms with E-state index in [1.54, 1.807) is 17.1 Å². The normalized spacial score (nSPS) is 20.4. The van der Waals surface area contributed by atoms with E-state index in [2.05, 4.69) is 40.0 Å². The molecular formula is C15H18N4O. The Bertz CT molecular complexity index is 593. The molecular weight excluding hydrogens is 252 g/mol. The number of nitrogens with zero attached hydrogens (tertiary/aromatic N) is 2. The quantitative estimate of drug-likeness (QED) is 0.896. The summed E-state index contributed by atoms with van der Waals surface area (Å²) in [5, 5.41) is 9.69. The standard InChI is InChI=1S/C15H18N4O/c1-19-10-13(9-17-19)18-15(20)16-8-12-7-14(12)11-5-3-2-4-6-11/h2-6,9-10,12,14H,7-8H2,1H3,(H2,16,18,20)/t12-,14+/m0/s1. The molecule has 2 N–H and O–H groups in total. The molecule has 0 radical (unpaired) electrons. The summed E-state index contributed by atoms with van der Waals surface area (Å²) < 4.78 is 1.65. The van der Waals surface area contributed by atoms with E-state index in [0.29, 0.717) is 24.1 Å². The van der Waals surface area contributed by atoms with Gasteiger partial charge in [0.25, 0.3) is 0 Å². The van der Waals surface area contributed by atoms with E-state index in [9.17, 15) is 4.79 Å². The van der Waals surface area contributed by atoms with Crippen molar-refractivity contribution in [3.05, 3.63) is 48.3 Å². The van der Waals surface area contributed by atoms with Crippen LogP contribution in [0.15, 0.2) is 42.7 Å². The highest BCUT2D eigenvalue weighted by Gasteiger charge is 2.37. The number of amides is 2. The number of urea groups is 1. The van der Waals surface area contributed by atoms with Gasteiger partial charge in [-0.3, -0.25) is 4.68 Å². The van der Waals surface area contributed by atoms with Gasteiger partial charge in [0.05, 0.1) is 11.9 Å². The van der Waals surface area contributed by atoms with Crippen LogP contribution in [-0.4, -0.2) is 22.4 Å². The van der Waals surface area contributed by atoms with E-state index in [1.165, 1.54) is 5.56 Å². The van der Waals surface area contributed by atoms with E-state index in [4.69, 9.17) is 0 Å². The van der Waals surface area contributed by atoms with Crippen LogP contribution >= 0.6 is 0 Å². The summed E-state index contributed by atoms with van der Waals surface area (Å²) in [4.78, 5) is 11.7. The van der Waals surface area contributed by atoms with E-state index in [0.717, 1.165) is 6.42 Å². The second-order valence-electron chi connectivity index (χ2n) is 5.25. The minimum Gasteiger partial charge on any atom is -0.338 e. The van der Waals surface area contributed by atoms with Crippen LogP contribution in [0.1, 0.15) is 17.9 Å². The fourth-order valence-corrected chi connectivity index (χ4v) is 2.47. The molecule has 0 unspecified atom stereocenters. The number of anilines is 1. The Morgan fingerprint density at radius 1 is 1.40 bits per heavy atom. The monoisotopic (exact) mass is 270 g/mol. The number of nitrogens with one attached hydrogen (secondary N) is 2. The Morgan fingerprint density at radius 3 is 2.90 bits per heavy atom. The van der Waals surface area contributed by atoms with E-state index in [-0.39, 0.29) is 6.03 Å². The number of aryl methyl sites for hydroxylation is 1. The number of hydrogen-bond donors (Lipinski definition) is 2. The third-order valence-corrected chi connectivity index (χ3v) is 3.64. The van der Waals surface area contributed by atoms with Crippen molar-refractivity contribution >= 4 is 11.7 Å². The first-order valence-electron chi connectivity index (χ1n) is 6.81. The average molecular weight is 270 g/mol. The summed E-state index contributed by atoms with van der Waals surface area (Å²) in [6.45, 7) is 0.714. The maximum absolute atomic E-state index is 11.7. The lowest BCUT2D eigenvalue weighted by Crippen LogP contribution is -2.30. The van der Waals surface area contributed by atoms with Crippen molar-refractivity contribution in [2.75, 3.05) is 11.9 Å². The summed E-state index contributed by atoms with van der Waals surface area (Å²) in [6, 6.07) is 10.3. The molecule has 1 saturated carbocycles. The third kappa shape index (κ3) is 2.99. The van der Waals surface area contributed by atoms with Gasteiger partial charge in [0.1, 0.15) is 0 Å². The number of hydrogen-bond acceptors (Lipinski definition) is 2. The van der Waals surface area contributed by atoms with Gasteiger partial charge in [-0.1, -0.05) is 30.3 Å². The van der Waals surface area contributed by atoms with Gasteiger partial charge in [-0.2, -0.15) is 5.10 Å². The first-order chi connectivity index (χ1) is 9.72. The molecule has 1 aromatic carbocycles. The highest BCUT2D eigenvalue weighted by atomic mass is 16.2. The van der Waals surface area contributed by atoms with Gasteiger partial charge in [-0.15, -0.1) is 0 Å². The van der Waals surface area contributed by atoms with Crippen LogP contribution in [-0.2, 0) is 7.05 Å². The van der Waals surface area contributed by atoms with Crippen molar-refractivity contribution in [2.24, 2.45) is 13.0 Å². The molecule has 0 bridgehead atoms. The van der Waals surface area contributed by atoms with E-state index >= 15 is 0 Å². The predicted octanol–water partition coefficient (Wildman–Crippen LogP) is 2.35. The summed E-state index contributed by atoms with van der Waals surface area (Å²) in [5.74, 6) is 1.15. The van der Waals surface area contributed by atoms with Crippen molar-refractivity contribution in [3.8, 4) is 0 Å². The molecule has 0 saturated heterocycles. The molecule has 104 valence electrons. The number of benzene rings is 1. The highest BCUT2D eigenvalue weighted by Crippen LogP contribution is 2.46. The first-order valence-corrected chi connectivity index (χ1v) is 6.81. The van der Waals surface area contributed by atoms with Crippen LogP contribution in [0.4, 0.5) is 10.5 Å². The van der Waals surface area contributed by atoms with Gasteiger partial charge < -0.3 is 10.6 Å². The van der Waals surface area contributed by atoms with Crippen molar-refractivity contribution in [1.29, 1.82) is 0 Å². The Labute approximate surface area is 118 Å². The molecule has 2 atom stereocenters. The molecule has 2 amide bonds. The number of carbonyl (C=O) groups excluding carboxylic acids is 1. The van der Waals surface area contributed by atoms with Crippen molar-refractivity contribution < 1.29 is 4.79 Å². The minimum absolute atomic E-state index is 0.170. The lowest BCUT2D eigenvalue weighted by atomic mass is 10.1. The van der Waals surface area contributed by atoms with E-state index in [1.807, 2.05) is 13.1 Å². The Hall–Kier alpha value is -2.30. The molecule has 1 aliphatic rings. The highest BCUT2D eigenvalue weighted by molar-refractivity contribution is 5.88. The summed E-state index contributed by atoms with van der Waals surface area (Å²) in [7, 11) is 1.82. The van der Waals surface area contributed by atoms with Crippen LogP contribution in [0.5, 0.6) is 0 Å². The molecule has 20 heavy (non-hydrogen) atoms. The second kappa shape index (κ2) is 5.36. The minimum atomic E-state index is -0.170. The summed E-state index contributed by atoms with van der Waals surface area (Å²) in [6.07, 6.45) is 4.55. The summed E-state index contributed by atoms with van der Waals surface area (Å²) in [5.41, 5.74) is 2.08. The van der Waals surface area contributed by atoms with Gasteiger partial charge in [0, 0.05) is 19.8 Å².